The summed E-state index contributed by atoms with van der Waals surface area (Å²) in [6.07, 6.45) is 1.26. The molecule has 2 N–H and O–H groups in total. The highest BCUT2D eigenvalue weighted by molar-refractivity contribution is 6.05. The second-order valence-electron chi connectivity index (χ2n) is 4.59. The van der Waals surface area contributed by atoms with E-state index in [4.69, 9.17) is 10.2 Å². The molecule has 1 heterocycles. The van der Waals surface area contributed by atoms with Crippen LogP contribution in [0.5, 0.6) is 0 Å². The number of nitrogens with zero attached hydrogens (tertiary/aromatic N) is 1. The van der Waals surface area contributed by atoms with Gasteiger partial charge in [-0.3, -0.25) is 4.79 Å². The average molecular weight is 285 g/mol. The zero-order valence-electron chi connectivity index (χ0n) is 10.5. The van der Waals surface area contributed by atoms with Crippen molar-refractivity contribution in [3.05, 3.63) is 34.9 Å². The number of rotatable bonds is 3. The molecule has 0 saturated carbocycles. The van der Waals surface area contributed by atoms with E-state index >= 15 is 0 Å². The van der Waals surface area contributed by atoms with Gasteiger partial charge in [0, 0.05) is 6.54 Å². The van der Waals surface area contributed by atoms with Gasteiger partial charge in [-0.15, -0.1) is 0 Å². The summed E-state index contributed by atoms with van der Waals surface area (Å²) < 4.78 is 26.4. The van der Waals surface area contributed by atoms with Crippen LogP contribution in [0.25, 0.3) is 0 Å². The maximum atomic E-state index is 13.3. The third-order valence-corrected chi connectivity index (χ3v) is 3.37. The predicted octanol–water partition coefficient (Wildman–Crippen LogP) is 1.26. The molecule has 1 unspecified atom stereocenters. The largest absolute Gasteiger partial charge is 0.478 e. The molecule has 2 rings (SSSR count). The smallest absolute Gasteiger partial charge is 0.336 e. The summed E-state index contributed by atoms with van der Waals surface area (Å²) in [6.45, 7) is 0.0972. The summed E-state index contributed by atoms with van der Waals surface area (Å²) in [5, 5.41) is 18.2. The van der Waals surface area contributed by atoms with Crippen molar-refractivity contribution in [1.29, 1.82) is 0 Å². The van der Waals surface area contributed by atoms with Gasteiger partial charge in [0.15, 0.2) is 11.6 Å². The Morgan fingerprint density at radius 3 is 2.40 bits per heavy atom. The number of likely N-dealkylation sites (tertiary alicyclic amines) is 1. The summed E-state index contributed by atoms with van der Waals surface area (Å²) in [4.78, 5) is 24.6. The second kappa shape index (κ2) is 5.54. The number of hydrogen-bond acceptors (Lipinski definition) is 3. The Hall–Kier alpha value is -2.02. The molecule has 7 heteroatoms. The Kier molecular flexibility index (Phi) is 3.99. The van der Waals surface area contributed by atoms with E-state index in [9.17, 15) is 18.4 Å². The minimum atomic E-state index is -1.51. The Labute approximate surface area is 113 Å². The van der Waals surface area contributed by atoms with Crippen LogP contribution in [0, 0.1) is 11.6 Å². The number of amides is 1. The normalized spacial score (nSPS) is 18.4. The predicted molar refractivity (Wildman–Crippen MR) is 64.5 cm³/mol. The molecule has 1 amide bonds. The van der Waals surface area contributed by atoms with Crippen LogP contribution < -0.4 is 0 Å². The van der Waals surface area contributed by atoms with Gasteiger partial charge in [0.2, 0.25) is 0 Å². The lowest BCUT2D eigenvalue weighted by molar-refractivity contribution is 0.0644. The second-order valence-corrected chi connectivity index (χ2v) is 4.59. The van der Waals surface area contributed by atoms with Gasteiger partial charge in [-0.25, -0.2) is 13.6 Å². The van der Waals surface area contributed by atoms with Gasteiger partial charge in [0.1, 0.15) is 0 Å². The molecule has 5 nitrogen and oxygen atoms in total. The highest BCUT2D eigenvalue weighted by Crippen LogP contribution is 2.23. The fourth-order valence-corrected chi connectivity index (χ4v) is 2.35. The lowest BCUT2D eigenvalue weighted by Crippen LogP contribution is -2.38. The van der Waals surface area contributed by atoms with Crippen molar-refractivity contribution in [2.75, 3.05) is 13.2 Å². The number of carboxylic acids is 1. The van der Waals surface area contributed by atoms with E-state index in [2.05, 4.69) is 0 Å². The van der Waals surface area contributed by atoms with Gasteiger partial charge in [0.25, 0.3) is 5.91 Å². The van der Waals surface area contributed by atoms with Crippen LogP contribution in [-0.4, -0.2) is 46.2 Å². The third-order valence-electron chi connectivity index (χ3n) is 3.37. The number of hydrogen-bond donors (Lipinski definition) is 2. The molecule has 1 saturated heterocycles. The monoisotopic (exact) mass is 285 g/mol. The van der Waals surface area contributed by atoms with Crippen LogP contribution in [0.3, 0.4) is 0 Å². The number of carboxylic acid groups (broad SMARTS) is 1. The van der Waals surface area contributed by atoms with Crippen molar-refractivity contribution in [2.45, 2.75) is 18.9 Å². The number of carbonyl (C=O) groups is 2. The number of carbonyl (C=O) groups excluding carboxylic acids is 1. The molecule has 0 aliphatic carbocycles. The molecule has 108 valence electrons. The van der Waals surface area contributed by atoms with Crippen molar-refractivity contribution in [3.63, 3.8) is 0 Å². The standard InChI is InChI=1S/C13H13F2NO4/c14-10-4-8(9(13(19)20)5-11(10)15)12(18)16-3-1-2-7(16)6-17/h4-5,7,17H,1-3,6H2,(H,19,20). The fourth-order valence-electron chi connectivity index (χ4n) is 2.35. The van der Waals surface area contributed by atoms with E-state index in [0.717, 1.165) is 0 Å². The molecular weight excluding hydrogens is 272 g/mol. The van der Waals surface area contributed by atoms with E-state index in [1.807, 2.05) is 0 Å². The number of aliphatic hydroxyl groups is 1. The van der Waals surface area contributed by atoms with Gasteiger partial charge < -0.3 is 15.1 Å². The summed E-state index contributed by atoms with van der Waals surface area (Å²) >= 11 is 0. The van der Waals surface area contributed by atoms with E-state index in [1.165, 1.54) is 4.90 Å². The molecule has 1 aliphatic heterocycles. The summed E-state index contributed by atoms with van der Waals surface area (Å²) in [6, 6.07) is 0.667. The average Bonchev–Trinajstić information content (AvgIpc) is 2.88. The SMILES string of the molecule is O=C(O)c1cc(F)c(F)cc1C(=O)N1CCCC1CO. The Balaban J connectivity index is 2.43. The number of benzene rings is 1. The maximum Gasteiger partial charge on any atom is 0.336 e. The first-order chi connectivity index (χ1) is 9.45. The first-order valence-corrected chi connectivity index (χ1v) is 6.10. The first kappa shape index (κ1) is 14.4. The van der Waals surface area contributed by atoms with Crippen LogP contribution in [0.15, 0.2) is 12.1 Å². The highest BCUT2D eigenvalue weighted by Gasteiger charge is 2.31. The minimum absolute atomic E-state index is 0.252. The van der Waals surface area contributed by atoms with Gasteiger partial charge in [-0.05, 0) is 25.0 Å². The van der Waals surface area contributed by atoms with Gasteiger partial charge >= 0.3 is 5.97 Å². The van der Waals surface area contributed by atoms with E-state index in [1.54, 1.807) is 0 Å². The van der Waals surface area contributed by atoms with Crippen LogP contribution in [0.1, 0.15) is 33.6 Å². The quantitative estimate of drug-likeness (QED) is 0.876. The van der Waals surface area contributed by atoms with Gasteiger partial charge in [-0.2, -0.15) is 0 Å². The van der Waals surface area contributed by atoms with Gasteiger partial charge in [0.05, 0.1) is 23.8 Å². The molecule has 1 fully saturated rings. The molecule has 0 bridgehead atoms. The van der Waals surface area contributed by atoms with Crippen molar-refractivity contribution >= 4 is 11.9 Å². The van der Waals surface area contributed by atoms with Crippen LogP contribution in [0.2, 0.25) is 0 Å². The Morgan fingerprint density at radius 1 is 1.25 bits per heavy atom. The van der Waals surface area contributed by atoms with Gasteiger partial charge in [-0.1, -0.05) is 0 Å². The molecule has 1 aliphatic rings. The Morgan fingerprint density at radius 2 is 1.85 bits per heavy atom. The molecule has 1 aromatic rings. The topological polar surface area (TPSA) is 77.8 Å². The number of aliphatic hydroxyl groups excluding tert-OH is 1. The van der Waals surface area contributed by atoms with E-state index in [-0.39, 0.29) is 6.61 Å². The number of halogens is 2. The molecule has 0 radical (unpaired) electrons. The highest BCUT2D eigenvalue weighted by atomic mass is 19.2. The van der Waals surface area contributed by atoms with Crippen molar-refractivity contribution in [2.24, 2.45) is 0 Å². The fraction of sp³-hybridized carbons (Fsp3) is 0.385. The molecule has 20 heavy (non-hydrogen) atoms. The van der Waals surface area contributed by atoms with E-state index in [0.29, 0.717) is 31.5 Å². The van der Waals surface area contributed by atoms with Crippen molar-refractivity contribution in [1.82, 2.24) is 4.90 Å². The molecule has 1 aromatic carbocycles. The summed E-state index contributed by atoms with van der Waals surface area (Å²) in [7, 11) is 0. The molecule has 1 atom stereocenters. The van der Waals surface area contributed by atoms with Crippen LogP contribution >= 0.6 is 0 Å². The minimum Gasteiger partial charge on any atom is -0.478 e. The third kappa shape index (κ3) is 2.49. The van der Waals surface area contributed by atoms with E-state index < -0.39 is 40.7 Å². The molecule has 0 spiro atoms. The molecular formula is C13H13F2NO4. The van der Waals surface area contributed by atoms with Crippen LogP contribution in [-0.2, 0) is 0 Å². The van der Waals surface area contributed by atoms with Crippen molar-refractivity contribution in [3.8, 4) is 0 Å². The first-order valence-electron chi connectivity index (χ1n) is 6.10. The maximum absolute atomic E-state index is 13.3. The zero-order chi connectivity index (χ0) is 14.9. The molecule has 0 aromatic heterocycles. The zero-order valence-corrected chi connectivity index (χ0v) is 10.5. The lowest BCUT2D eigenvalue weighted by atomic mass is 10.1. The Bertz CT molecular complexity index is 562. The van der Waals surface area contributed by atoms with Crippen molar-refractivity contribution < 1.29 is 28.6 Å². The lowest BCUT2D eigenvalue weighted by Gasteiger charge is -2.23. The summed E-state index contributed by atoms with van der Waals surface area (Å²) in [5.74, 6) is -4.82. The number of aromatic carboxylic acids is 1. The van der Waals surface area contributed by atoms with Crippen LogP contribution in [0.4, 0.5) is 8.78 Å². The summed E-state index contributed by atoms with van der Waals surface area (Å²) in [5.41, 5.74) is -0.991.